The third-order valence-corrected chi connectivity index (χ3v) is 5.44. The Morgan fingerprint density at radius 3 is 2.59 bits per heavy atom. The van der Waals surface area contributed by atoms with Crippen molar-refractivity contribution >= 4 is 16.7 Å². The number of nitrogens with zero attached hydrogens (tertiary/aromatic N) is 4. The van der Waals surface area contributed by atoms with E-state index in [1.807, 2.05) is 12.1 Å². The van der Waals surface area contributed by atoms with Crippen LogP contribution < -0.4 is 9.64 Å². The molecule has 6 nitrogen and oxygen atoms in total. The topological polar surface area (TPSA) is 60.4 Å². The van der Waals surface area contributed by atoms with Crippen molar-refractivity contribution < 1.29 is 18.3 Å². The molecular weight excluding hydrogens is 414 g/mol. The van der Waals surface area contributed by atoms with Gasteiger partial charge < -0.3 is 14.4 Å². The van der Waals surface area contributed by atoms with Crippen LogP contribution in [0.4, 0.5) is 14.6 Å². The zero-order chi connectivity index (χ0) is 22.1. The zero-order valence-electron chi connectivity index (χ0n) is 17.4. The number of pyridine rings is 1. The fourth-order valence-electron chi connectivity index (χ4n) is 3.86. The molecule has 0 atom stereocenters. The van der Waals surface area contributed by atoms with Crippen molar-refractivity contribution in [2.24, 2.45) is 0 Å². The monoisotopic (exact) mass is 434 g/mol. The summed E-state index contributed by atoms with van der Waals surface area (Å²) in [5.74, 6) is 0.609. The largest absolute Gasteiger partial charge is 0.494 e. The van der Waals surface area contributed by atoms with Gasteiger partial charge in [-0.05, 0) is 48.0 Å². The van der Waals surface area contributed by atoms with Gasteiger partial charge in [-0.2, -0.15) is 0 Å². The van der Waals surface area contributed by atoms with E-state index >= 15 is 0 Å². The molecule has 1 fully saturated rings. The number of ether oxygens (including phenoxy) is 2. The van der Waals surface area contributed by atoms with Gasteiger partial charge in [0.25, 0.3) is 0 Å². The highest BCUT2D eigenvalue weighted by molar-refractivity contribution is 5.98. The first-order valence-corrected chi connectivity index (χ1v) is 10.2. The lowest BCUT2D eigenvalue weighted by Crippen LogP contribution is -2.37. The summed E-state index contributed by atoms with van der Waals surface area (Å²) in [7, 11) is 1.53. The van der Waals surface area contributed by atoms with E-state index in [0.717, 1.165) is 17.7 Å². The summed E-state index contributed by atoms with van der Waals surface area (Å²) in [5.41, 5.74) is 1.99. The average Bonchev–Trinajstić information content (AvgIpc) is 2.85. The molecule has 1 aliphatic heterocycles. The van der Waals surface area contributed by atoms with Gasteiger partial charge in [-0.25, -0.2) is 18.7 Å². The number of fused-ring (bicyclic) bond motifs is 1. The smallest absolute Gasteiger partial charge is 0.163 e. The first kappa shape index (κ1) is 20.3. The third kappa shape index (κ3) is 3.73. The second-order valence-electron chi connectivity index (χ2n) is 7.41. The fourth-order valence-corrected chi connectivity index (χ4v) is 3.86. The van der Waals surface area contributed by atoms with Crippen molar-refractivity contribution in [2.45, 2.75) is 0 Å². The standard InChI is InChI=1S/C24H20F2N4O2/c1-31-21-12-16(18-13-17(25)4-5-20(18)26)11-19-22(21)28-23(15-3-2-6-27-14-15)29-24(19)30-7-9-32-10-8-30/h2-6,11-14H,7-10H2,1H3. The summed E-state index contributed by atoms with van der Waals surface area (Å²) in [6, 6.07) is 10.6. The van der Waals surface area contributed by atoms with Crippen LogP contribution in [-0.2, 0) is 4.74 Å². The molecular formula is C24H20F2N4O2. The number of benzene rings is 2. The number of morpholine rings is 1. The summed E-state index contributed by atoms with van der Waals surface area (Å²) in [4.78, 5) is 15.9. The molecule has 1 aliphatic rings. The van der Waals surface area contributed by atoms with Crippen LogP contribution in [0.25, 0.3) is 33.4 Å². The molecule has 0 unspecified atom stereocenters. The van der Waals surface area contributed by atoms with E-state index in [1.54, 1.807) is 24.5 Å². The third-order valence-electron chi connectivity index (χ3n) is 5.44. The van der Waals surface area contributed by atoms with Crippen molar-refractivity contribution in [3.8, 4) is 28.3 Å². The number of hydrogen-bond donors (Lipinski definition) is 0. The molecule has 2 aromatic carbocycles. The maximum Gasteiger partial charge on any atom is 0.163 e. The number of rotatable bonds is 4. The molecule has 0 amide bonds. The summed E-state index contributed by atoms with van der Waals surface area (Å²) in [6.45, 7) is 2.45. The van der Waals surface area contributed by atoms with Gasteiger partial charge in [-0.15, -0.1) is 0 Å². The number of anilines is 1. The van der Waals surface area contributed by atoms with Gasteiger partial charge in [0.2, 0.25) is 0 Å². The molecule has 162 valence electrons. The van der Waals surface area contributed by atoms with Gasteiger partial charge in [0.05, 0.1) is 20.3 Å². The number of aromatic nitrogens is 3. The minimum Gasteiger partial charge on any atom is -0.494 e. The molecule has 3 heterocycles. The fraction of sp³-hybridized carbons (Fsp3) is 0.208. The minimum absolute atomic E-state index is 0.148. The van der Waals surface area contributed by atoms with Crippen LogP contribution in [-0.4, -0.2) is 48.4 Å². The molecule has 2 aromatic heterocycles. The van der Waals surface area contributed by atoms with E-state index < -0.39 is 11.6 Å². The van der Waals surface area contributed by atoms with Gasteiger partial charge in [0.1, 0.15) is 28.7 Å². The van der Waals surface area contributed by atoms with E-state index in [0.29, 0.717) is 60.2 Å². The van der Waals surface area contributed by atoms with Gasteiger partial charge in [-0.1, -0.05) is 0 Å². The van der Waals surface area contributed by atoms with Crippen LogP contribution in [0.1, 0.15) is 0 Å². The maximum absolute atomic E-state index is 14.6. The van der Waals surface area contributed by atoms with Gasteiger partial charge in [-0.3, -0.25) is 4.98 Å². The predicted octanol–water partition coefficient (Wildman–Crippen LogP) is 4.48. The Labute approximate surface area is 183 Å². The normalized spacial score (nSPS) is 14.0. The van der Waals surface area contributed by atoms with E-state index in [4.69, 9.17) is 19.4 Å². The van der Waals surface area contributed by atoms with Crippen LogP contribution in [0, 0.1) is 11.6 Å². The summed E-state index contributed by atoms with van der Waals surface area (Å²) in [5, 5.41) is 0.692. The minimum atomic E-state index is -0.520. The number of hydrogen-bond acceptors (Lipinski definition) is 6. The van der Waals surface area contributed by atoms with Crippen molar-refractivity contribution in [3.63, 3.8) is 0 Å². The summed E-state index contributed by atoms with van der Waals surface area (Å²) in [6.07, 6.45) is 3.39. The maximum atomic E-state index is 14.6. The predicted molar refractivity (Wildman–Crippen MR) is 118 cm³/mol. The lowest BCUT2D eigenvalue weighted by Gasteiger charge is -2.29. The number of halogens is 2. The van der Waals surface area contributed by atoms with Crippen LogP contribution in [0.5, 0.6) is 5.75 Å². The highest BCUT2D eigenvalue weighted by Gasteiger charge is 2.21. The van der Waals surface area contributed by atoms with Crippen molar-refractivity contribution in [3.05, 3.63) is 66.5 Å². The average molecular weight is 434 g/mol. The molecule has 8 heteroatoms. The lowest BCUT2D eigenvalue weighted by molar-refractivity contribution is 0.122. The van der Waals surface area contributed by atoms with Crippen LogP contribution in [0.2, 0.25) is 0 Å². The molecule has 0 spiro atoms. The molecule has 5 rings (SSSR count). The first-order chi connectivity index (χ1) is 15.6. The SMILES string of the molecule is COc1cc(-c2cc(F)ccc2F)cc2c(N3CCOCC3)nc(-c3cccnc3)nc12. The molecule has 0 radical (unpaired) electrons. The molecule has 0 N–H and O–H groups in total. The second-order valence-corrected chi connectivity index (χ2v) is 7.41. The molecule has 1 saturated heterocycles. The van der Waals surface area contributed by atoms with Crippen molar-refractivity contribution in [2.75, 3.05) is 38.3 Å². The summed E-state index contributed by atoms with van der Waals surface area (Å²) >= 11 is 0. The second kappa shape index (κ2) is 8.47. The van der Waals surface area contributed by atoms with E-state index in [9.17, 15) is 8.78 Å². The van der Waals surface area contributed by atoms with Crippen molar-refractivity contribution in [1.29, 1.82) is 0 Å². The van der Waals surface area contributed by atoms with Crippen LogP contribution >= 0.6 is 0 Å². The molecule has 32 heavy (non-hydrogen) atoms. The Kier molecular flexibility index (Phi) is 5.36. The van der Waals surface area contributed by atoms with Gasteiger partial charge in [0.15, 0.2) is 5.82 Å². The van der Waals surface area contributed by atoms with Crippen LogP contribution in [0.15, 0.2) is 54.9 Å². The molecule has 0 saturated carbocycles. The zero-order valence-corrected chi connectivity index (χ0v) is 17.4. The van der Waals surface area contributed by atoms with E-state index in [2.05, 4.69) is 9.88 Å². The lowest BCUT2D eigenvalue weighted by atomic mass is 10.0. The van der Waals surface area contributed by atoms with E-state index in [1.165, 1.54) is 13.2 Å². The van der Waals surface area contributed by atoms with Crippen molar-refractivity contribution in [1.82, 2.24) is 15.0 Å². The van der Waals surface area contributed by atoms with Gasteiger partial charge >= 0.3 is 0 Å². The van der Waals surface area contributed by atoms with Gasteiger partial charge in [0, 0.05) is 42.0 Å². The Bertz CT molecular complexity index is 1280. The van der Waals surface area contributed by atoms with Crippen LogP contribution in [0.3, 0.4) is 0 Å². The first-order valence-electron chi connectivity index (χ1n) is 10.2. The molecule has 0 aliphatic carbocycles. The Morgan fingerprint density at radius 2 is 1.84 bits per heavy atom. The Morgan fingerprint density at radius 1 is 1.00 bits per heavy atom. The summed E-state index contributed by atoms with van der Waals surface area (Å²) < 4.78 is 39.6. The van der Waals surface area contributed by atoms with E-state index in [-0.39, 0.29) is 5.56 Å². The Hall–Kier alpha value is -3.65. The molecule has 0 bridgehead atoms. The molecule has 4 aromatic rings. The Balaban J connectivity index is 1.78. The highest BCUT2D eigenvalue weighted by atomic mass is 19.1. The number of methoxy groups -OCH3 is 1. The quantitative estimate of drug-likeness (QED) is 0.472. The highest BCUT2D eigenvalue weighted by Crippen LogP contribution is 2.38.